The van der Waals surface area contributed by atoms with Crippen molar-refractivity contribution in [2.75, 3.05) is 13.7 Å². The summed E-state index contributed by atoms with van der Waals surface area (Å²) in [5, 5.41) is 2.14. The van der Waals surface area contributed by atoms with Crippen molar-refractivity contribution in [3.05, 3.63) is 23.2 Å². The quantitative estimate of drug-likeness (QED) is 0.643. The average Bonchev–Trinajstić information content (AvgIpc) is 2.69. The van der Waals surface area contributed by atoms with Gasteiger partial charge in [-0.3, -0.25) is 0 Å². The lowest BCUT2D eigenvalue weighted by molar-refractivity contribution is -0.125. The van der Waals surface area contributed by atoms with Crippen molar-refractivity contribution in [3.8, 4) is 0 Å². The number of esters is 1. The number of rotatable bonds is 6. The molecule has 0 bridgehead atoms. The molecule has 0 aliphatic carbocycles. The van der Waals surface area contributed by atoms with Gasteiger partial charge in [0.05, 0.1) is 20.2 Å². The summed E-state index contributed by atoms with van der Waals surface area (Å²) in [4.78, 5) is 11.2. The van der Waals surface area contributed by atoms with Crippen molar-refractivity contribution >= 4 is 5.97 Å². The lowest BCUT2D eigenvalue weighted by atomic mass is 10.2. The van der Waals surface area contributed by atoms with Crippen LogP contribution in [0, 0.1) is 6.92 Å². The fourth-order valence-corrected chi connectivity index (χ4v) is 1.37. The van der Waals surface area contributed by atoms with Crippen molar-refractivity contribution in [1.82, 2.24) is 5.32 Å². The van der Waals surface area contributed by atoms with Gasteiger partial charge in [0.25, 0.3) is 0 Å². The van der Waals surface area contributed by atoms with E-state index in [9.17, 15) is 22.4 Å². The van der Waals surface area contributed by atoms with Crippen LogP contribution in [0.3, 0.4) is 0 Å². The Labute approximate surface area is 106 Å². The van der Waals surface area contributed by atoms with E-state index in [1.807, 2.05) is 0 Å². The Bertz CT molecular complexity index is 445. The van der Waals surface area contributed by atoms with Crippen molar-refractivity contribution < 1.29 is 31.5 Å². The predicted molar refractivity (Wildman–Crippen MR) is 57.4 cm³/mol. The lowest BCUT2D eigenvalue weighted by Crippen LogP contribution is -2.38. The van der Waals surface area contributed by atoms with Crippen LogP contribution in [0.4, 0.5) is 17.6 Å². The van der Waals surface area contributed by atoms with Gasteiger partial charge in [-0.1, -0.05) is 0 Å². The molecule has 0 amide bonds. The van der Waals surface area contributed by atoms with Crippen LogP contribution in [0.1, 0.15) is 21.9 Å². The summed E-state index contributed by atoms with van der Waals surface area (Å²) in [6.45, 7) is 0.127. The van der Waals surface area contributed by atoms with Crippen molar-refractivity contribution in [1.29, 1.82) is 0 Å². The first kappa shape index (κ1) is 15.5. The van der Waals surface area contributed by atoms with Crippen molar-refractivity contribution in [3.63, 3.8) is 0 Å². The Morgan fingerprint density at radius 1 is 1.53 bits per heavy atom. The summed E-state index contributed by atoms with van der Waals surface area (Å²) in [6.07, 6.45) is -3.73. The van der Waals surface area contributed by atoms with Crippen molar-refractivity contribution in [2.45, 2.75) is 25.8 Å². The van der Waals surface area contributed by atoms with Crippen LogP contribution in [0.25, 0.3) is 0 Å². The van der Waals surface area contributed by atoms with E-state index in [2.05, 4.69) is 10.1 Å². The molecule has 0 aromatic carbocycles. The molecule has 4 nitrogen and oxygen atoms in total. The zero-order chi connectivity index (χ0) is 14.6. The zero-order valence-electron chi connectivity index (χ0n) is 10.3. The smallest absolute Gasteiger partial charge is 0.341 e. The van der Waals surface area contributed by atoms with Gasteiger partial charge >= 0.3 is 18.3 Å². The number of alkyl halides is 4. The summed E-state index contributed by atoms with van der Waals surface area (Å²) in [5.74, 6) is -4.27. The van der Waals surface area contributed by atoms with E-state index in [-0.39, 0.29) is 23.6 Å². The molecule has 0 aliphatic heterocycles. The number of aryl methyl sites for hydroxylation is 1. The third-order valence-corrected chi connectivity index (χ3v) is 2.35. The molecule has 1 aromatic heterocycles. The predicted octanol–water partition coefficient (Wildman–Crippen LogP) is 2.36. The first-order chi connectivity index (χ1) is 8.77. The normalized spacial score (nSPS) is 11.9. The average molecular weight is 283 g/mol. The van der Waals surface area contributed by atoms with Crippen LogP contribution < -0.4 is 5.32 Å². The Kier molecular flexibility index (Phi) is 4.93. The Morgan fingerprint density at radius 3 is 2.68 bits per heavy atom. The summed E-state index contributed by atoms with van der Waals surface area (Å²) >= 11 is 0. The topological polar surface area (TPSA) is 51.5 Å². The third kappa shape index (κ3) is 3.95. The second-order valence-corrected chi connectivity index (χ2v) is 3.84. The molecular formula is C11H13F4NO3. The maximum Gasteiger partial charge on any atom is 0.341 e. The number of carbonyl (C=O) groups excluding carboxylic acids is 1. The number of halogens is 4. The summed E-state index contributed by atoms with van der Waals surface area (Å²) in [7, 11) is 1.19. The minimum absolute atomic E-state index is 0.167. The monoisotopic (exact) mass is 283 g/mol. The van der Waals surface area contributed by atoms with Crippen LogP contribution in [0.5, 0.6) is 0 Å². The van der Waals surface area contributed by atoms with Gasteiger partial charge in [-0.2, -0.15) is 8.78 Å². The van der Waals surface area contributed by atoms with Crippen molar-refractivity contribution in [2.24, 2.45) is 0 Å². The van der Waals surface area contributed by atoms with Gasteiger partial charge in [-0.25, -0.2) is 13.6 Å². The Balaban J connectivity index is 2.58. The van der Waals surface area contributed by atoms with E-state index in [1.165, 1.54) is 20.1 Å². The maximum absolute atomic E-state index is 12.6. The van der Waals surface area contributed by atoms with E-state index in [4.69, 9.17) is 4.42 Å². The fourth-order valence-electron chi connectivity index (χ4n) is 1.37. The first-order valence-corrected chi connectivity index (χ1v) is 5.32. The molecular weight excluding hydrogens is 270 g/mol. The number of hydrogen-bond donors (Lipinski definition) is 1. The molecule has 1 rings (SSSR count). The largest absolute Gasteiger partial charge is 0.465 e. The van der Waals surface area contributed by atoms with E-state index in [0.717, 1.165) is 0 Å². The number of hydrogen-bond acceptors (Lipinski definition) is 4. The highest BCUT2D eigenvalue weighted by molar-refractivity contribution is 5.90. The molecule has 0 fully saturated rings. The van der Waals surface area contributed by atoms with Gasteiger partial charge in [0.1, 0.15) is 17.1 Å². The molecule has 8 heteroatoms. The highest BCUT2D eigenvalue weighted by Crippen LogP contribution is 2.22. The molecule has 0 spiro atoms. The summed E-state index contributed by atoms with van der Waals surface area (Å²) < 4.78 is 58.6. The molecule has 108 valence electrons. The number of carbonyl (C=O) groups is 1. The van der Waals surface area contributed by atoms with E-state index < -0.39 is 24.9 Å². The second-order valence-electron chi connectivity index (χ2n) is 3.84. The fraction of sp³-hybridized carbons (Fsp3) is 0.545. The molecule has 0 saturated heterocycles. The number of ether oxygens (including phenoxy) is 1. The van der Waals surface area contributed by atoms with E-state index in [1.54, 1.807) is 0 Å². The van der Waals surface area contributed by atoms with Crippen LogP contribution in [-0.4, -0.2) is 32.0 Å². The molecule has 0 unspecified atom stereocenters. The van der Waals surface area contributed by atoms with Crippen LogP contribution >= 0.6 is 0 Å². The molecule has 0 radical (unpaired) electrons. The molecule has 1 aromatic rings. The molecule has 19 heavy (non-hydrogen) atoms. The number of nitrogens with one attached hydrogen (secondary N) is 1. The Morgan fingerprint density at radius 2 is 2.16 bits per heavy atom. The second kappa shape index (κ2) is 6.05. The highest BCUT2D eigenvalue weighted by atomic mass is 19.3. The summed E-state index contributed by atoms with van der Waals surface area (Å²) in [6, 6.07) is 1.31. The lowest BCUT2D eigenvalue weighted by Gasteiger charge is -2.15. The maximum atomic E-state index is 12.6. The molecule has 0 aliphatic rings. The van der Waals surface area contributed by atoms with Gasteiger partial charge in [0, 0.05) is 0 Å². The molecule has 0 atom stereocenters. The van der Waals surface area contributed by atoms with Crippen LogP contribution in [0.15, 0.2) is 10.5 Å². The zero-order valence-corrected chi connectivity index (χ0v) is 10.3. The summed E-state index contributed by atoms with van der Waals surface area (Å²) in [5.41, 5.74) is 0.167. The third-order valence-electron chi connectivity index (χ3n) is 2.35. The van der Waals surface area contributed by atoms with Crippen LogP contribution in [0.2, 0.25) is 0 Å². The van der Waals surface area contributed by atoms with Crippen LogP contribution in [-0.2, 0) is 11.3 Å². The first-order valence-electron chi connectivity index (χ1n) is 5.32. The number of furan rings is 1. The van der Waals surface area contributed by atoms with Gasteiger partial charge < -0.3 is 14.5 Å². The van der Waals surface area contributed by atoms with Gasteiger partial charge in [0.2, 0.25) is 0 Å². The highest BCUT2D eigenvalue weighted by Gasteiger charge is 2.40. The number of methoxy groups -OCH3 is 1. The SMILES string of the molecule is COC(=O)c1cc(CNCC(F)(F)C(F)F)oc1C. The minimum Gasteiger partial charge on any atom is -0.465 e. The van der Waals surface area contributed by atoms with Gasteiger partial charge in [0.15, 0.2) is 0 Å². The molecule has 1 heterocycles. The minimum atomic E-state index is -4.10. The van der Waals surface area contributed by atoms with Gasteiger partial charge in [-0.15, -0.1) is 0 Å². The molecule has 1 N–H and O–H groups in total. The van der Waals surface area contributed by atoms with E-state index >= 15 is 0 Å². The van der Waals surface area contributed by atoms with Gasteiger partial charge in [-0.05, 0) is 13.0 Å². The molecule has 0 saturated carbocycles. The Hall–Kier alpha value is -1.57. The van der Waals surface area contributed by atoms with E-state index in [0.29, 0.717) is 0 Å². The standard InChI is InChI=1S/C11H13F4NO3/c1-6-8(9(17)18-2)3-7(19-6)4-16-5-11(14,15)10(12)13/h3,10,16H,4-5H2,1-2H3.